The second-order valence-corrected chi connectivity index (χ2v) is 4.67. The van der Waals surface area contributed by atoms with E-state index in [-0.39, 0.29) is 17.2 Å². The Hall–Kier alpha value is -1.71. The van der Waals surface area contributed by atoms with Gasteiger partial charge in [0.05, 0.1) is 6.04 Å². The number of Topliss-reactive ketones (excluding diaryl/α,β-unsaturated/α-hetero) is 1. The van der Waals surface area contributed by atoms with E-state index in [1.165, 1.54) is 18.2 Å². The minimum absolute atomic E-state index is 0.0924. The summed E-state index contributed by atoms with van der Waals surface area (Å²) in [6, 6.07) is 12.4. The zero-order valence-corrected chi connectivity index (χ0v) is 10.9. The molecule has 0 saturated heterocycles. The van der Waals surface area contributed by atoms with Crippen LogP contribution >= 0.6 is 11.6 Å². The van der Waals surface area contributed by atoms with Crippen molar-refractivity contribution < 1.29 is 9.18 Å². The van der Waals surface area contributed by atoms with E-state index in [2.05, 4.69) is 0 Å². The minimum Gasteiger partial charge on any atom is -0.318 e. The molecule has 0 aromatic heterocycles. The van der Waals surface area contributed by atoms with Crippen LogP contribution in [0.15, 0.2) is 48.5 Å². The lowest BCUT2D eigenvalue weighted by Crippen LogP contribution is -2.23. The number of nitrogens with two attached hydrogens (primary N) is 1. The van der Waals surface area contributed by atoms with Gasteiger partial charge in [0.2, 0.25) is 0 Å². The topological polar surface area (TPSA) is 43.1 Å². The Kier molecular flexibility index (Phi) is 4.30. The Balaban J connectivity index is 2.13. The molecule has 2 N–H and O–H groups in total. The van der Waals surface area contributed by atoms with Gasteiger partial charge >= 0.3 is 0 Å². The second kappa shape index (κ2) is 5.95. The van der Waals surface area contributed by atoms with Crippen LogP contribution in [0.1, 0.15) is 17.2 Å². The molecule has 1 atom stereocenters. The zero-order valence-electron chi connectivity index (χ0n) is 10.1. The summed E-state index contributed by atoms with van der Waals surface area (Å²) in [7, 11) is 0. The van der Waals surface area contributed by atoms with Crippen LogP contribution < -0.4 is 5.73 Å². The number of ketones is 1. The third-order valence-electron chi connectivity index (χ3n) is 2.89. The van der Waals surface area contributed by atoms with Crippen LogP contribution in [0.4, 0.5) is 4.39 Å². The van der Waals surface area contributed by atoms with Crippen LogP contribution in [0.2, 0.25) is 5.02 Å². The molecule has 0 aliphatic rings. The lowest BCUT2D eigenvalue weighted by molar-refractivity contribution is -0.119. The van der Waals surface area contributed by atoms with Crippen LogP contribution in [-0.2, 0) is 11.2 Å². The van der Waals surface area contributed by atoms with Gasteiger partial charge in [0.25, 0.3) is 0 Å². The molecule has 2 aromatic rings. The van der Waals surface area contributed by atoms with Crippen molar-refractivity contribution in [1.29, 1.82) is 0 Å². The molecule has 2 aromatic carbocycles. The lowest BCUT2D eigenvalue weighted by atomic mass is 9.98. The Morgan fingerprint density at radius 2 is 1.89 bits per heavy atom. The summed E-state index contributed by atoms with van der Waals surface area (Å²) in [5.41, 5.74) is 7.24. The summed E-state index contributed by atoms with van der Waals surface area (Å²) in [4.78, 5) is 12.1. The van der Waals surface area contributed by atoms with E-state index >= 15 is 0 Å². The molecule has 0 aliphatic heterocycles. The summed E-state index contributed by atoms with van der Waals surface area (Å²) in [5, 5.41) is 0.244. The molecule has 0 radical (unpaired) electrons. The van der Waals surface area contributed by atoms with Crippen LogP contribution in [0.5, 0.6) is 0 Å². The standard InChI is InChI=1S/C15H13ClFNO/c16-13-9-12(17)7-6-11(13)8-14(19)15(18)10-4-2-1-3-5-10/h1-7,9,15H,8,18H2/t15-/m1/s1. The van der Waals surface area contributed by atoms with Crippen molar-refractivity contribution in [3.05, 3.63) is 70.5 Å². The minimum atomic E-state index is -0.692. The van der Waals surface area contributed by atoms with Gasteiger partial charge in [-0.3, -0.25) is 4.79 Å². The van der Waals surface area contributed by atoms with Gasteiger partial charge in [-0.15, -0.1) is 0 Å². The predicted molar refractivity (Wildman–Crippen MR) is 73.5 cm³/mol. The molecular weight excluding hydrogens is 265 g/mol. The quantitative estimate of drug-likeness (QED) is 0.932. The summed E-state index contributed by atoms with van der Waals surface area (Å²) in [6.07, 6.45) is 0.0924. The SMILES string of the molecule is N[C@@H](C(=O)Cc1ccc(F)cc1Cl)c1ccccc1. The van der Waals surface area contributed by atoms with Crippen molar-refractivity contribution in [2.24, 2.45) is 5.73 Å². The smallest absolute Gasteiger partial charge is 0.158 e. The second-order valence-electron chi connectivity index (χ2n) is 4.27. The van der Waals surface area contributed by atoms with Crippen molar-refractivity contribution in [2.45, 2.75) is 12.5 Å². The van der Waals surface area contributed by atoms with Crippen LogP contribution in [0.3, 0.4) is 0 Å². The molecule has 19 heavy (non-hydrogen) atoms. The average Bonchev–Trinajstić information content (AvgIpc) is 2.42. The van der Waals surface area contributed by atoms with Crippen molar-refractivity contribution in [3.8, 4) is 0 Å². The molecule has 98 valence electrons. The van der Waals surface area contributed by atoms with Crippen LogP contribution in [-0.4, -0.2) is 5.78 Å². The summed E-state index contributed by atoms with van der Waals surface area (Å²) in [5.74, 6) is -0.576. The van der Waals surface area contributed by atoms with E-state index < -0.39 is 11.9 Å². The van der Waals surface area contributed by atoms with Crippen molar-refractivity contribution in [3.63, 3.8) is 0 Å². The largest absolute Gasteiger partial charge is 0.318 e. The van der Waals surface area contributed by atoms with Gasteiger partial charge in [-0.1, -0.05) is 48.0 Å². The van der Waals surface area contributed by atoms with Crippen LogP contribution in [0.25, 0.3) is 0 Å². The Morgan fingerprint density at radius 1 is 1.21 bits per heavy atom. The van der Waals surface area contributed by atoms with Gasteiger partial charge in [0, 0.05) is 11.4 Å². The molecule has 2 rings (SSSR count). The highest BCUT2D eigenvalue weighted by Crippen LogP contribution is 2.20. The van der Waals surface area contributed by atoms with Gasteiger partial charge in [-0.2, -0.15) is 0 Å². The molecule has 0 heterocycles. The van der Waals surface area contributed by atoms with Gasteiger partial charge in [0.1, 0.15) is 5.82 Å². The zero-order chi connectivity index (χ0) is 13.8. The van der Waals surface area contributed by atoms with E-state index in [0.29, 0.717) is 5.56 Å². The predicted octanol–water partition coefficient (Wildman–Crippen LogP) is 3.29. The average molecular weight is 278 g/mol. The number of hydrogen-bond donors (Lipinski definition) is 1. The van der Waals surface area contributed by atoms with Gasteiger partial charge in [0.15, 0.2) is 5.78 Å². The monoisotopic (exact) mass is 277 g/mol. The number of benzene rings is 2. The maximum atomic E-state index is 12.9. The molecule has 0 amide bonds. The first-order chi connectivity index (χ1) is 9.08. The molecule has 0 bridgehead atoms. The van der Waals surface area contributed by atoms with E-state index in [1.807, 2.05) is 18.2 Å². The van der Waals surface area contributed by atoms with Gasteiger partial charge in [-0.05, 0) is 23.3 Å². The molecule has 0 unspecified atom stereocenters. The Morgan fingerprint density at radius 3 is 2.53 bits per heavy atom. The van der Waals surface area contributed by atoms with E-state index in [9.17, 15) is 9.18 Å². The highest BCUT2D eigenvalue weighted by atomic mass is 35.5. The molecular formula is C15H13ClFNO. The lowest BCUT2D eigenvalue weighted by Gasteiger charge is -2.11. The number of halogens is 2. The van der Waals surface area contributed by atoms with Gasteiger partial charge < -0.3 is 5.73 Å². The van der Waals surface area contributed by atoms with E-state index in [1.54, 1.807) is 12.1 Å². The maximum absolute atomic E-state index is 12.9. The fourth-order valence-electron chi connectivity index (χ4n) is 1.81. The number of carbonyl (C=O) groups is 1. The molecule has 0 aliphatic carbocycles. The first kappa shape index (κ1) is 13.7. The summed E-state index contributed by atoms with van der Waals surface area (Å²) >= 11 is 5.89. The number of rotatable bonds is 4. The van der Waals surface area contributed by atoms with Crippen molar-refractivity contribution >= 4 is 17.4 Å². The molecule has 2 nitrogen and oxygen atoms in total. The normalized spacial score (nSPS) is 12.2. The summed E-state index contributed by atoms with van der Waals surface area (Å²) < 4.78 is 12.9. The summed E-state index contributed by atoms with van der Waals surface area (Å²) in [6.45, 7) is 0. The Bertz CT molecular complexity index is 586. The number of carbonyl (C=O) groups excluding carboxylic acids is 1. The van der Waals surface area contributed by atoms with Gasteiger partial charge in [-0.25, -0.2) is 4.39 Å². The number of hydrogen-bond acceptors (Lipinski definition) is 2. The molecule has 0 saturated carbocycles. The molecule has 0 spiro atoms. The molecule has 4 heteroatoms. The molecule has 0 fully saturated rings. The first-order valence-electron chi connectivity index (χ1n) is 5.85. The highest BCUT2D eigenvalue weighted by Gasteiger charge is 2.17. The first-order valence-corrected chi connectivity index (χ1v) is 6.23. The third-order valence-corrected chi connectivity index (χ3v) is 3.24. The maximum Gasteiger partial charge on any atom is 0.158 e. The van der Waals surface area contributed by atoms with E-state index in [4.69, 9.17) is 17.3 Å². The van der Waals surface area contributed by atoms with Crippen LogP contribution in [0, 0.1) is 5.82 Å². The fourth-order valence-corrected chi connectivity index (χ4v) is 2.04. The highest BCUT2D eigenvalue weighted by molar-refractivity contribution is 6.31. The fraction of sp³-hybridized carbons (Fsp3) is 0.133. The van der Waals surface area contributed by atoms with Crippen molar-refractivity contribution in [1.82, 2.24) is 0 Å². The third kappa shape index (κ3) is 3.40. The Labute approximate surface area is 116 Å². The van der Waals surface area contributed by atoms with E-state index in [0.717, 1.165) is 5.56 Å². The van der Waals surface area contributed by atoms with Crippen molar-refractivity contribution in [2.75, 3.05) is 0 Å².